The molecule has 2 rings (SSSR count). The molecule has 1 aromatic heterocycles. The number of fused-ring (bicyclic) bond motifs is 1. The van der Waals surface area contributed by atoms with Crippen molar-refractivity contribution >= 4 is 16.8 Å². The molecule has 0 saturated heterocycles. The van der Waals surface area contributed by atoms with Crippen LogP contribution in [-0.2, 0) is 11.3 Å². The van der Waals surface area contributed by atoms with E-state index in [1.807, 2.05) is 0 Å². The van der Waals surface area contributed by atoms with E-state index in [9.17, 15) is 4.79 Å². The van der Waals surface area contributed by atoms with Gasteiger partial charge >= 0.3 is 0 Å². The van der Waals surface area contributed by atoms with Crippen molar-refractivity contribution in [2.24, 2.45) is 0 Å². The van der Waals surface area contributed by atoms with Gasteiger partial charge in [-0.05, 0) is 47.6 Å². The third-order valence-corrected chi connectivity index (χ3v) is 3.21. The summed E-state index contributed by atoms with van der Waals surface area (Å²) in [5, 5.41) is 4.01. The molecule has 0 unspecified atom stereocenters. The van der Waals surface area contributed by atoms with Gasteiger partial charge in [-0.25, -0.2) is 0 Å². The van der Waals surface area contributed by atoms with Gasteiger partial charge in [0, 0.05) is 18.1 Å². The minimum absolute atomic E-state index is 0.00675. The van der Waals surface area contributed by atoms with Gasteiger partial charge in [-0.1, -0.05) is 13.8 Å². The highest BCUT2D eigenvalue weighted by atomic mass is 16.1. The second-order valence-electron chi connectivity index (χ2n) is 5.16. The monoisotopic (exact) mass is 244 g/mol. The summed E-state index contributed by atoms with van der Waals surface area (Å²) in [6, 6.07) is 6.52. The van der Waals surface area contributed by atoms with Crippen LogP contribution in [0, 0.1) is 6.92 Å². The third kappa shape index (κ3) is 2.55. The Morgan fingerprint density at radius 3 is 2.67 bits per heavy atom. The van der Waals surface area contributed by atoms with Gasteiger partial charge in [0.05, 0.1) is 6.54 Å². The highest BCUT2D eigenvalue weighted by Crippen LogP contribution is 2.25. The van der Waals surface area contributed by atoms with Crippen LogP contribution >= 0.6 is 0 Å². The molecule has 3 nitrogen and oxygen atoms in total. The van der Waals surface area contributed by atoms with Gasteiger partial charge in [-0.15, -0.1) is 0 Å². The predicted octanol–water partition coefficient (Wildman–Crippen LogP) is 3.24. The molecule has 3 heteroatoms. The first-order valence-corrected chi connectivity index (χ1v) is 6.34. The lowest BCUT2D eigenvalue weighted by molar-refractivity contribution is -0.119. The van der Waals surface area contributed by atoms with Crippen LogP contribution in [0.4, 0.5) is 0 Å². The predicted molar refractivity (Wildman–Crippen MR) is 74.6 cm³/mol. The number of carbonyl (C=O) groups excluding carboxylic acids is 1. The fraction of sp³-hybridized carbons (Fsp3) is 0.400. The molecule has 0 saturated carbocycles. The summed E-state index contributed by atoms with van der Waals surface area (Å²) in [5.41, 5.74) is 4.88. The lowest BCUT2D eigenvalue weighted by Crippen LogP contribution is -2.18. The molecule has 1 aromatic carbocycles. The molecule has 0 aliphatic carbocycles. The van der Waals surface area contributed by atoms with E-state index in [1.54, 1.807) is 0 Å². The molecule has 0 bridgehead atoms. The lowest BCUT2D eigenvalue weighted by atomic mass is 9.97. The fourth-order valence-corrected chi connectivity index (χ4v) is 2.31. The summed E-state index contributed by atoms with van der Waals surface area (Å²) in [6.07, 6.45) is 0. The number of nitrogens with one attached hydrogen (secondary N) is 2. The van der Waals surface area contributed by atoms with Gasteiger partial charge in [-0.3, -0.25) is 4.79 Å². The Morgan fingerprint density at radius 2 is 2.06 bits per heavy atom. The average Bonchev–Trinajstić information content (AvgIpc) is 2.66. The van der Waals surface area contributed by atoms with Crippen LogP contribution in [0.25, 0.3) is 10.9 Å². The van der Waals surface area contributed by atoms with Crippen LogP contribution in [0.5, 0.6) is 0 Å². The zero-order chi connectivity index (χ0) is 13.3. The average molecular weight is 244 g/mol. The number of hydrogen-bond donors (Lipinski definition) is 2. The number of aromatic amines is 1. The summed E-state index contributed by atoms with van der Waals surface area (Å²) in [6.45, 7) is 8.64. The van der Waals surface area contributed by atoms with Crippen molar-refractivity contribution in [3.8, 4) is 0 Å². The number of benzene rings is 1. The number of H-pyrrole nitrogens is 1. The van der Waals surface area contributed by atoms with E-state index in [2.05, 4.69) is 49.3 Å². The SMILES string of the molecule is CC(=O)NCc1cc2cc(C)c(C(C)C)cc2[nH]1. The standard InChI is InChI=1S/C15H20N2O/c1-9(2)14-7-15-12(5-10(14)3)6-13(17-15)8-16-11(4)18/h5-7,9,17H,8H2,1-4H3,(H,16,18). The van der Waals surface area contributed by atoms with Crippen LogP contribution in [0.2, 0.25) is 0 Å². The minimum atomic E-state index is -0.00675. The molecule has 0 aliphatic heterocycles. The van der Waals surface area contributed by atoms with Gasteiger partial charge in [-0.2, -0.15) is 0 Å². The number of hydrogen-bond acceptors (Lipinski definition) is 1. The molecule has 0 fully saturated rings. The molecule has 0 spiro atoms. The van der Waals surface area contributed by atoms with E-state index in [0.717, 1.165) is 11.2 Å². The summed E-state index contributed by atoms with van der Waals surface area (Å²) in [5.74, 6) is 0.518. The van der Waals surface area contributed by atoms with Crippen molar-refractivity contribution < 1.29 is 4.79 Å². The molecule has 1 amide bonds. The Hall–Kier alpha value is -1.77. The van der Waals surface area contributed by atoms with Crippen LogP contribution < -0.4 is 5.32 Å². The molecule has 96 valence electrons. The van der Waals surface area contributed by atoms with E-state index in [-0.39, 0.29) is 5.91 Å². The maximum atomic E-state index is 10.9. The van der Waals surface area contributed by atoms with Gasteiger partial charge in [0.2, 0.25) is 5.91 Å². The van der Waals surface area contributed by atoms with Crippen LogP contribution in [0.1, 0.15) is 43.5 Å². The number of aryl methyl sites for hydroxylation is 1. The Morgan fingerprint density at radius 1 is 1.33 bits per heavy atom. The van der Waals surface area contributed by atoms with Gasteiger partial charge in [0.15, 0.2) is 0 Å². The zero-order valence-electron chi connectivity index (χ0n) is 11.4. The van der Waals surface area contributed by atoms with Crippen molar-refractivity contribution in [2.45, 2.75) is 40.2 Å². The van der Waals surface area contributed by atoms with Crippen LogP contribution in [0.3, 0.4) is 0 Å². The first kappa shape index (κ1) is 12.7. The van der Waals surface area contributed by atoms with E-state index in [4.69, 9.17) is 0 Å². The van der Waals surface area contributed by atoms with E-state index >= 15 is 0 Å². The van der Waals surface area contributed by atoms with Crippen molar-refractivity contribution in [3.63, 3.8) is 0 Å². The van der Waals surface area contributed by atoms with Crippen molar-refractivity contribution in [1.29, 1.82) is 0 Å². The second kappa shape index (κ2) is 4.84. The molecule has 18 heavy (non-hydrogen) atoms. The Bertz CT molecular complexity index is 581. The molecule has 2 aromatic rings. The van der Waals surface area contributed by atoms with E-state index in [0.29, 0.717) is 12.5 Å². The highest BCUT2D eigenvalue weighted by molar-refractivity contribution is 5.82. The highest BCUT2D eigenvalue weighted by Gasteiger charge is 2.08. The van der Waals surface area contributed by atoms with Crippen molar-refractivity contribution in [2.75, 3.05) is 0 Å². The topological polar surface area (TPSA) is 44.9 Å². The molecule has 0 atom stereocenters. The van der Waals surface area contributed by atoms with Crippen molar-refractivity contribution in [1.82, 2.24) is 10.3 Å². The summed E-state index contributed by atoms with van der Waals surface area (Å²) in [4.78, 5) is 14.3. The second-order valence-corrected chi connectivity index (χ2v) is 5.16. The lowest BCUT2D eigenvalue weighted by Gasteiger charge is -2.09. The van der Waals surface area contributed by atoms with E-state index in [1.165, 1.54) is 23.4 Å². The maximum Gasteiger partial charge on any atom is 0.217 e. The largest absolute Gasteiger partial charge is 0.357 e. The van der Waals surface area contributed by atoms with Gasteiger partial charge in [0.25, 0.3) is 0 Å². The molecule has 2 N–H and O–H groups in total. The molecular formula is C15H20N2O. The fourth-order valence-electron chi connectivity index (χ4n) is 2.31. The third-order valence-electron chi connectivity index (χ3n) is 3.21. The quantitative estimate of drug-likeness (QED) is 0.855. The van der Waals surface area contributed by atoms with Gasteiger partial charge < -0.3 is 10.3 Å². The van der Waals surface area contributed by atoms with Crippen molar-refractivity contribution in [3.05, 3.63) is 35.0 Å². The normalized spacial score (nSPS) is 11.2. The molecular weight excluding hydrogens is 224 g/mol. The van der Waals surface area contributed by atoms with Crippen LogP contribution in [-0.4, -0.2) is 10.9 Å². The number of amides is 1. The number of rotatable bonds is 3. The Labute approximate surface area is 108 Å². The summed E-state index contributed by atoms with van der Waals surface area (Å²) < 4.78 is 0. The molecule has 1 heterocycles. The first-order chi connectivity index (χ1) is 8.47. The molecule has 0 radical (unpaired) electrons. The summed E-state index contributed by atoms with van der Waals surface area (Å²) >= 11 is 0. The van der Waals surface area contributed by atoms with E-state index < -0.39 is 0 Å². The molecule has 0 aliphatic rings. The smallest absolute Gasteiger partial charge is 0.217 e. The minimum Gasteiger partial charge on any atom is -0.357 e. The number of carbonyl (C=O) groups is 1. The Balaban J connectivity index is 2.36. The Kier molecular flexibility index (Phi) is 3.41. The maximum absolute atomic E-state index is 10.9. The van der Waals surface area contributed by atoms with Crippen LogP contribution in [0.15, 0.2) is 18.2 Å². The first-order valence-electron chi connectivity index (χ1n) is 6.34. The zero-order valence-corrected chi connectivity index (χ0v) is 11.4. The van der Waals surface area contributed by atoms with Gasteiger partial charge in [0.1, 0.15) is 0 Å². The number of aromatic nitrogens is 1. The summed E-state index contributed by atoms with van der Waals surface area (Å²) in [7, 11) is 0.